The Morgan fingerprint density at radius 1 is 1.00 bits per heavy atom. The fourth-order valence-electron chi connectivity index (χ4n) is 1.80. The van der Waals surface area contributed by atoms with E-state index in [0.29, 0.717) is 0 Å². The number of rotatable bonds is 6. The SMILES string of the molecule is CO[Si](OC)(OC)c1cccc(C(=O)O)c1C(=O)O. The molecule has 1 rings (SSSR count). The molecule has 0 fully saturated rings. The molecule has 1 aromatic rings. The van der Waals surface area contributed by atoms with Gasteiger partial charge in [-0.25, -0.2) is 9.59 Å². The van der Waals surface area contributed by atoms with E-state index in [4.69, 9.17) is 18.4 Å². The first-order chi connectivity index (χ1) is 8.93. The van der Waals surface area contributed by atoms with Gasteiger partial charge in [0.05, 0.1) is 11.1 Å². The Bertz CT molecular complexity index is 488. The maximum atomic E-state index is 11.3. The van der Waals surface area contributed by atoms with E-state index in [1.807, 2.05) is 0 Å². The van der Waals surface area contributed by atoms with Crippen LogP contribution in [0.3, 0.4) is 0 Å². The van der Waals surface area contributed by atoms with Crippen LogP contribution in [0.1, 0.15) is 20.7 Å². The van der Waals surface area contributed by atoms with Crippen LogP contribution in [0.25, 0.3) is 0 Å². The summed E-state index contributed by atoms with van der Waals surface area (Å²) in [6.07, 6.45) is 0. The standard InChI is InChI=1S/C11H14O7Si/c1-16-19(17-2,18-3)8-6-4-5-7(10(12)13)9(8)11(14)15/h4-6H,1-3H3,(H,12,13)(H,14,15). The minimum Gasteiger partial charge on any atom is -0.478 e. The molecule has 0 amide bonds. The van der Waals surface area contributed by atoms with Gasteiger partial charge in [0.25, 0.3) is 0 Å². The van der Waals surface area contributed by atoms with Crippen molar-refractivity contribution in [2.45, 2.75) is 0 Å². The fraction of sp³-hybridized carbons (Fsp3) is 0.273. The third-order valence-electron chi connectivity index (χ3n) is 2.64. The Balaban J connectivity index is 3.64. The zero-order valence-electron chi connectivity index (χ0n) is 10.7. The molecule has 19 heavy (non-hydrogen) atoms. The molecule has 7 nitrogen and oxygen atoms in total. The van der Waals surface area contributed by atoms with E-state index in [-0.39, 0.29) is 16.3 Å². The van der Waals surface area contributed by atoms with Crippen LogP contribution in [0.15, 0.2) is 18.2 Å². The second kappa shape index (κ2) is 5.93. The number of carbonyl (C=O) groups is 2. The summed E-state index contributed by atoms with van der Waals surface area (Å²) < 4.78 is 15.6. The van der Waals surface area contributed by atoms with Crippen LogP contribution < -0.4 is 5.19 Å². The van der Waals surface area contributed by atoms with Gasteiger partial charge in [0, 0.05) is 26.5 Å². The highest BCUT2D eigenvalue weighted by molar-refractivity contribution is 6.76. The maximum absolute atomic E-state index is 11.3. The van der Waals surface area contributed by atoms with Gasteiger partial charge >= 0.3 is 20.7 Å². The minimum atomic E-state index is -3.42. The largest absolute Gasteiger partial charge is 0.537 e. The van der Waals surface area contributed by atoms with Gasteiger partial charge in [-0.05, 0) is 6.07 Å². The normalized spacial score (nSPS) is 11.3. The maximum Gasteiger partial charge on any atom is 0.537 e. The van der Waals surface area contributed by atoms with Gasteiger partial charge in [-0.2, -0.15) is 0 Å². The van der Waals surface area contributed by atoms with Gasteiger partial charge in [-0.1, -0.05) is 12.1 Å². The summed E-state index contributed by atoms with van der Waals surface area (Å²) in [5.74, 6) is -2.72. The monoisotopic (exact) mass is 286 g/mol. The van der Waals surface area contributed by atoms with Gasteiger partial charge in [0.2, 0.25) is 0 Å². The van der Waals surface area contributed by atoms with Crippen molar-refractivity contribution in [2.75, 3.05) is 21.3 Å². The molecule has 0 spiro atoms. The van der Waals surface area contributed by atoms with Crippen LogP contribution in [0.4, 0.5) is 0 Å². The highest BCUT2D eigenvalue weighted by Crippen LogP contribution is 2.15. The van der Waals surface area contributed by atoms with Crippen molar-refractivity contribution in [1.82, 2.24) is 0 Å². The Kier molecular flexibility index (Phi) is 4.78. The Morgan fingerprint density at radius 2 is 1.53 bits per heavy atom. The third-order valence-corrected chi connectivity index (χ3v) is 5.33. The van der Waals surface area contributed by atoms with E-state index < -0.39 is 20.7 Å². The number of hydrogen-bond acceptors (Lipinski definition) is 5. The fourth-order valence-corrected chi connectivity index (χ4v) is 3.80. The summed E-state index contributed by atoms with van der Waals surface area (Å²) in [5, 5.41) is 18.4. The lowest BCUT2D eigenvalue weighted by atomic mass is 10.1. The van der Waals surface area contributed by atoms with E-state index >= 15 is 0 Å². The summed E-state index contributed by atoms with van der Waals surface area (Å²) >= 11 is 0. The van der Waals surface area contributed by atoms with Crippen molar-refractivity contribution < 1.29 is 33.1 Å². The van der Waals surface area contributed by atoms with Crippen molar-refractivity contribution in [3.8, 4) is 0 Å². The Labute approximate surface area is 110 Å². The molecular weight excluding hydrogens is 272 g/mol. The van der Waals surface area contributed by atoms with Crippen molar-refractivity contribution in [3.05, 3.63) is 29.3 Å². The summed E-state index contributed by atoms with van der Waals surface area (Å²) in [5.41, 5.74) is -0.722. The van der Waals surface area contributed by atoms with E-state index in [2.05, 4.69) is 0 Å². The second-order valence-electron chi connectivity index (χ2n) is 3.51. The summed E-state index contributed by atoms with van der Waals surface area (Å²) in [4.78, 5) is 22.4. The van der Waals surface area contributed by atoms with Crippen molar-refractivity contribution >= 4 is 25.9 Å². The number of carboxylic acids is 2. The Hall–Kier alpha value is -1.74. The summed E-state index contributed by atoms with van der Waals surface area (Å²) in [6, 6.07) is 4.05. The molecule has 1 aromatic carbocycles. The molecular formula is C11H14O7Si. The summed E-state index contributed by atoms with van der Waals surface area (Å²) in [6.45, 7) is 0. The zero-order valence-corrected chi connectivity index (χ0v) is 11.7. The molecule has 0 aromatic heterocycles. The van der Waals surface area contributed by atoms with Crippen LogP contribution >= 0.6 is 0 Å². The second-order valence-corrected chi connectivity index (χ2v) is 6.38. The minimum absolute atomic E-state index is 0.104. The molecule has 0 saturated heterocycles. The molecule has 0 aliphatic heterocycles. The molecule has 0 saturated carbocycles. The lowest BCUT2D eigenvalue weighted by Gasteiger charge is -2.26. The lowest BCUT2D eigenvalue weighted by molar-refractivity contribution is 0.0651. The van der Waals surface area contributed by atoms with Crippen LogP contribution in [0.5, 0.6) is 0 Å². The first-order valence-corrected chi connectivity index (χ1v) is 6.91. The van der Waals surface area contributed by atoms with E-state index in [1.165, 1.54) is 39.5 Å². The first kappa shape index (κ1) is 15.3. The third kappa shape index (κ3) is 2.66. The van der Waals surface area contributed by atoms with Gasteiger partial charge in [0.1, 0.15) is 0 Å². The van der Waals surface area contributed by atoms with Gasteiger partial charge in [0.15, 0.2) is 0 Å². The number of hydrogen-bond donors (Lipinski definition) is 2. The predicted molar refractivity (Wildman–Crippen MR) is 66.8 cm³/mol. The van der Waals surface area contributed by atoms with Crippen LogP contribution in [-0.4, -0.2) is 52.3 Å². The summed E-state index contributed by atoms with van der Waals surface area (Å²) in [7, 11) is 0.531. The molecule has 104 valence electrons. The van der Waals surface area contributed by atoms with Crippen LogP contribution in [0, 0.1) is 0 Å². The molecule has 8 heteroatoms. The van der Waals surface area contributed by atoms with E-state index in [9.17, 15) is 14.7 Å². The lowest BCUT2D eigenvalue weighted by Crippen LogP contribution is -2.56. The van der Waals surface area contributed by atoms with Crippen LogP contribution in [-0.2, 0) is 13.3 Å². The molecule has 0 bridgehead atoms. The van der Waals surface area contributed by atoms with Crippen molar-refractivity contribution in [1.29, 1.82) is 0 Å². The molecule has 0 aliphatic rings. The van der Waals surface area contributed by atoms with E-state index in [0.717, 1.165) is 0 Å². The van der Waals surface area contributed by atoms with Gasteiger partial charge in [-0.3, -0.25) is 0 Å². The predicted octanol–water partition coefficient (Wildman–Crippen LogP) is 0.168. The molecule has 0 atom stereocenters. The van der Waals surface area contributed by atoms with Gasteiger partial charge < -0.3 is 23.5 Å². The average Bonchev–Trinajstić information content (AvgIpc) is 2.40. The molecule has 2 N–H and O–H groups in total. The number of aromatic carboxylic acids is 2. The molecule has 0 aliphatic carbocycles. The zero-order chi connectivity index (χ0) is 14.6. The highest BCUT2D eigenvalue weighted by atomic mass is 28.4. The van der Waals surface area contributed by atoms with E-state index in [1.54, 1.807) is 0 Å². The smallest absolute Gasteiger partial charge is 0.478 e. The quantitative estimate of drug-likeness (QED) is 0.718. The first-order valence-electron chi connectivity index (χ1n) is 5.19. The average molecular weight is 286 g/mol. The number of carboxylic acid groups (broad SMARTS) is 2. The van der Waals surface area contributed by atoms with Crippen molar-refractivity contribution in [2.24, 2.45) is 0 Å². The highest BCUT2D eigenvalue weighted by Gasteiger charge is 2.45. The Morgan fingerprint density at radius 3 is 1.89 bits per heavy atom. The van der Waals surface area contributed by atoms with Crippen LogP contribution in [0.2, 0.25) is 0 Å². The van der Waals surface area contributed by atoms with Gasteiger partial charge in [-0.15, -0.1) is 0 Å². The van der Waals surface area contributed by atoms with Crippen molar-refractivity contribution in [3.63, 3.8) is 0 Å². The molecule has 0 radical (unpaired) electrons. The molecule has 0 unspecified atom stereocenters. The number of benzene rings is 1. The topological polar surface area (TPSA) is 102 Å². The molecule has 0 heterocycles.